The third-order valence-electron chi connectivity index (χ3n) is 5.22. The van der Waals surface area contributed by atoms with Gasteiger partial charge in [-0.15, -0.1) is 11.3 Å². The van der Waals surface area contributed by atoms with Gasteiger partial charge < -0.3 is 15.5 Å². The van der Waals surface area contributed by atoms with E-state index in [1.165, 1.54) is 23.5 Å². The second-order valence-electron chi connectivity index (χ2n) is 7.44. The van der Waals surface area contributed by atoms with Crippen LogP contribution in [0.25, 0.3) is 0 Å². The molecular formula is C24H24FN3O2S2. The standard InChI is InChI=1S/C24H24FN3O2S2/c25-18-8-9-21(28-10-13-31-14-11-28)19(16-18)26-23(29)20(15-17-5-2-1-3-6-17)27-24(30)22-7-4-12-32-22/h1-9,12,16,20H,10-11,13-15H2,(H,26,29)(H,27,30)/t20-/m1/s1. The highest BCUT2D eigenvalue weighted by molar-refractivity contribution is 7.99. The molecule has 0 radical (unpaired) electrons. The second-order valence-corrected chi connectivity index (χ2v) is 9.62. The summed E-state index contributed by atoms with van der Waals surface area (Å²) >= 11 is 3.19. The molecule has 1 aliphatic heterocycles. The largest absolute Gasteiger partial charge is 0.368 e. The number of rotatable bonds is 7. The van der Waals surface area contributed by atoms with E-state index >= 15 is 0 Å². The number of halogens is 1. The second kappa shape index (κ2) is 10.7. The molecule has 0 saturated carbocycles. The molecule has 2 heterocycles. The number of nitrogens with zero attached hydrogens (tertiary/aromatic N) is 1. The van der Waals surface area contributed by atoms with E-state index in [2.05, 4.69) is 15.5 Å². The molecule has 0 bridgehead atoms. The van der Waals surface area contributed by atoms with Crippen molar-refractivity contribution in [3.63, 3.8) is 0 Å². The summed E-state index contributed by atoms with van der Waals surface area (Å²) in [6, 6.07) is 16.7. The fourth-order valence-corrected chi connectivity index (χ4v) is 5.13. The Morgan fingerprint density at radius 1 is 1.03 bits per heavy atom. The van der Waals surface area contributed by atoms with Crippen molar-refractivity contribution in [2.75, 3.05) is 34.8 Å². The topological polar surface area (TPSA) is 61.4 Å². The Hall–Kier alpha value is -2.84. The van der Waals surface area contributed by atoms with Crippen LogP contribution in [0.5, 0.6) is 0 Å². The molecule has 1 saturated heterocycles. The molecule has 3 aromatic rings. The van der Waals surface area contributed by atoms with E-state index in [4.69, 9.17) is 0 Å². The summed E-state index contributed by atoms with van der Waals surface area (Å²) in [6.45, 7) is 1.67. The number of benzene rings is 2. The molecule has 1 aromatic heterocycles. The first-order valence-corrected chi connectivity index (χ1v) is 12.4. The number of anilines is 2. The molecule has 32 heavy (non-hydrogen) atoms. The minimum Gasteiger partial charge on any atom is -0.368 e. The smallest absolute Gasteiger partial charge is 0.262 e. The number of thioether (sulfide) groups is 1. The summed E-state index contributed by atoms with van der Waals surface area (Å²) in [5.74, 6) is 0.870. The van der Waals surface area contributed by atoms with Gasteiger partial charge in [-0.1, -0.05) is 36.4 Å². The van der Waals surface area contributed by atoms with Crippen LogP contribution in [0.4, 0.5) is 15.8 Å². The lowest BCUT2D eigenvalue weighted by atomic mass is 10.0. The lowest BCUT2D eigenvalue weighted by Crippen LogP contribution is -2.45. The molecule has 8 heteroatoms. The molecular weight excluding hydrogens is 445 g/mol. The lowest BCUT2D eigenvalue weighted by Gasteiger charge is -2.30. The van der Waals surface area contributed by atoms with E-state index in [-0.39, 0.29) is 11.8 Å². The molecule has 4 rings (SSSR count). The van der Waals surface area contributed by atoms with Crippen molar-refractivity contribution in [1.29, 1.82) is 0 Å². The third-order valence-corrected chi connectivity index (χ3v) is 7.03. The van der Waals surface area contributed by atoms with Crippen molar-refractivity contribution in [1.82, 2.24) is 5.32 Å². The summed E-state index contributed by atoms with van der Waals surface area (Å²) in [4.78, 5) is 28.7. The van der Waals surface area contributed by atoms with Crippen molar-refractivity contribution in [2.45, 2.75) is 12.5 Å². The van der Waals surface area contributed by atoms with Crippen molar-refractivity contribution >= 4 is 46.3 Å². The van der Waals surface area contributed by atoms with Gasteiger partial charge in [-0.25, -0.2) is 4.39 Å². The monoisotopic (exact) mass is 469 g/mol. The quantitative estimate of drug-likeness (QED) is 0.538. The zero-order chi connectivity index (χ0) is 22.3. The highest BCUT2D eigenvalue weighted by Crippen LogP contribution is 2.29. The maximum atomic E-state index is 14.1. The van der Waals surface area contributed by atoms with Crippen molar-refractivity contribution in [3.8, 4) is 0 Å². The zero-order valence-corrected chi connectivity index (χ0v) is 19.1. The zero-order valence-electron chi connectivity index (χ0n) is 17.4. The van der Waals surface area contributed by atoms with Crippen LogP contribution in [0.1, 0.15) is 15.2 Å². The number of nitrogens with one attached hydrogen (secondary N) is 2. The van der Waals surface area contributed by atoms with Crippen LogP contribution in [0, 0.1) is 5.82 Å². The molecule has 2 N–H and O–H groups in total. The molecule has 1 aliphatic rings. The predicted octanol–water partition coefficient (Wildman–Crippen LogP) is 4.42. The van der Waals surface area contributed by atoms with Gasteiger partial charge in [0, 0.05) is 31.0 Å². The Morgan fingerprint density at radius 3 is 2.53 bits per heavy atom. The Balaban J connectivity index is 1.56. The third kappa shape index (κ3) is 5.69. The molecule has 0 spiro atoms. The normalized spacial score (nSPS) is 14.6. The van der Waals surface area contributed by atoms with E-state index < -0.39 is 11.9 Å². The van der Waals surface area contributed by atoms with Gasteiger partial charge in [0.1, 0.15) is 11.9 Å². The van der Waals surface area contributed by atoms with Gasteiger partial charge in [-0.3, -0.25) is 9.59 Å². The number of hydrogen-bond acceptors (Lipinski definition) is 5. The highest BCUT2D eigenvalue weighted by Gasteiger charge is 2.24. The first-order chi connectivity index (χ1) is 15.6. The summed E-state index contributed by atoms with van der Waals surface area (Å²) in [5, 5.41) is 7.55. The summed E-state index contributed by atoms with van der Waals surface area (Å²) in [6.07, 6.45) is 0.328. The molecule has 0 aliphatic carbocycles. The van der Waals surface area contributed by atoms with Crippen LogP contribution in [0.3, 0.4) is 0 Å². The summed E-state index contributed by atoms with van der Waals surface area (Å²) < 4.78 is 14.1. The number of carbonyl (C=O) groups excluding carboxylic acids is 2. The maximum Gasteiger partial charge on any atom is 0.262 e. The van der Waals surface area contributed by atoms with Crippen LogP contribution < -0.4 is 15.5 Å². The van der Waals surface area contributed by atoms with Gasteiger partial charge in [-0.2, -0.15) is 11.8 Å². The van der Waals surface area contributed by atoms with Crippen LogP contribution in [-0.4, -0.2) is 42.5 Å². The summed E-state index contributed by atoms with van der Waals surface area (Å²) in [7, 11) is 0. The van der Waals surface area contributed by atoms with E-state index in [0.717, 1.165) is 35.8 Å². The van der Waals surface area contributed by atoms with Crippen molar-refractivity contribution < 1.29 is 14.0 Å². The fourth-order valence-electron chi connectivity index (χ4n) is 3.60. The molecule has 5 nitrogen and oxygen atoms in total. The summed E-state index contributed by atoms with van der Waals surface area (Å²) in [5.41, 5.74) is 2.14. The lowest BCUT2D eigenvalue weighted by molar-refractivity contribution is -0.118. The van der Waals surface area contributed by atoms with Crippen LogP contribution in [-0.2, 0) is 11.2 Å². The van der Waals surface area contributed by atoms with Gasteiger partial charge in [0.05, 0.1) is 16.3 Å². The van der Waals surface area contributed by atoms with Crippen molar-refractivity contribution in [2.24, 2.45) is 0 Å². The first kappa shape index (κ1) is 22.4. The predicted molar refractivity (Wildman–Crippen MR) is 130 cm³/mol. The van der Waals surface area contributed by atoms with E-state index in [1.807, 2.05) is 47.5 Å². The van der Waals surface area contributed by atoms with Crippen LogP contribution >= 0.6 is 23.1 Å². The van der Waals surface area contributed by atoms with Gasteiger partial charge in [0.2, 0.25) is 5.91 Å². The Labute approximate surface area is 195 Å². The van der Waals surface area contributed by atoms with Gasteiger partial charge in [-0.05, 0) is 35.2 Å². The average molecular weight is 470 g/mol. The van der Waals surface area contributed by atoms with Gasteiger partial charge in [0.15, 0.2) is 0 Å². The van der Waals surface area contributed by atoms with Gasteiger partial charge in [0.25, 0.3) is 5.91 Å². The van der Waals surface area contributed by atoms with Crippen molar-refractivity contribution in [3.05, 3.63) is 82.3 Å². The molecule has 2 amide bonds. The molecule has 2 aromatic carbocycles. The molecule has 0 unspecified atom stereocenters. The SMILES string of the molecule is O=C(N[C@H](Cc1ccccc1)C(=O)Nc1cc(F)ccc1N1CCSCC1)c1cccs1. The average Bonchev–Trinajstić information content (AvgIpc) is 3.35. The molecule has 166 valence electrons. The molecule has 1 fully saturated rings. The highest BCUT2D eigenvalue weighted by atomic mass is 32.2. The Bertz CT molecular complexity index is 1050. The Morgan fingerprint density at radius 2 is 1.81 bits per heavy atom. The Kier molecular flexibility index (Phi) is 7.44. The minimum atomic E-state index is -0.806. The van der Waals surface area contributed by atoms with Gasteiger partial charge >= 0.3 is 0 Å². The number of carbonyl (C=O) groups is 2. The minimum absolute atomic E-state index is 0.302. The maximum absolute atomic E-state index is 14.1. The van der Waals surface area contributed by atoms with E-state index in [0.29, 0.717) is 17.0 Å². The number of thiophene rings is 1. The van der Waals surface area contributed by atoms with Crippen LogP contribution in [0.15, 0.2) is 66.0 Å². The first-order valence-electron chi connectivity index (χ1n) is 10.4. The van der Waals surface area contributed by atoms with E-state index in [9.17, 15) is 14.0 Å². The number of hydrogen-bond donors (Lipinski definition) is 2. The fraction of sp³-hybridized carbons (Fsp3) is 0.250. The number of amides is 2. The van der Waals surface area contributed by atoms with Crippen LogP contribution in [0.2, 0.25) is 0 Å². The van der Waals surface area contributed by atoms with E-state index in [1.54, 1.807) is 18.2 Å². The molecule has 1 atom stereocenters.